The zero-order valence-corrected chi connectivity index (χ0v) is 16.8. The number of aliphatic hydroxyl groups is 3. The standard InChI is InChI=1S/C21H34O5/c1-7-12(2)17-20(5,15(23)8-9-22)16-13(3)10-19(4,25)11-14(16)18(24)21(17,6)26/h8-9,12-14,16-17,22,25-26H,7,10-11H2,1-6H3/b9-8-. The topological polar surface area (TPSA) is 94.8 Å². The van der Waals surface area contributed by atoms with Crippen LogP contribution in [0.25, 0.3) is 0 Å². The van der Waals surface area contributed by atoms with Crippen LogP contribution in [0.4, 0.5) is 0 Å². The summed E-state index contributed by atoms with van der Waals surface area (Å²) in [6, 6.07) is 0. The van der Waals surface area contributed by atoms with Gasteiger partial charge in [-0.05, 0) is 44.4 Å². The molecule has 148 valence electrons. The summed E-state index contributed by atoms with van der Waals surface area (Å²) in [5.41, 5.74) is -3.64. The van der Waals surface area contributed by atoms with Gasteiger partial charge in [0.2, 0.25) is 0 Å². The van der Waals surface area contributed by atoms with Gasteiger partial charge in [-0.3, -0.25) is 9.59 Å². The smallest absolute Gasteiger partial charge is 0.167 e. The average Bonchev–Trinajstić information content (AvgIpc) is 2.50. The third kappa shape index (κ3) is 3.03. The van der Waals surface area contributed by atoms with Crippen LogP contribution in [-0.4, -0.2) is 38.1 Å². The Morgan fingerprint density at radius 2 is 1.85 bits per heavy atom. The van der Waals surface area contributed by atoms with Crippen molar-refractivity contribution >= 4 is 11.6 Å². The molecule has 0 spiro atoms. The lowest BCUT2D eigenvalue weighted by molar-refractivity contribution is -0.203. The van der Waals surface area contributed by atoms with Crippen LogP contribution in [0.2, 0.25) is 0 Å². The van der Waals surface area contributed by atoms with Crippen LogP contribution in [0.3, 0.4) is 0 Å². The molecule has 8 unspecified atom stereocenters. The molecule has 5 nitrogen and oxygen atoms in total. The van der Waals surface area contributed by atoms with Gasteiger partial charge in [-0.25, -0.2) is 0 Å². The molecule has 0 aliphatic heterocycles. The second-order valence-electron chi connectivity index (χ2n) is 9.35. The van der Waals surface area contributed by atoms with E-state index in [1.165, 1.54) is 6.92 Å². The quantitative estimate of drug-likeness (QED) is 0.525. The molecule has 0 amide bonds. The van der Waals surface area contributed by atoms with Crippen molar-refractivity contribution in [3.63, 3.8) is 0 Å². The zero-order valence-electron chi connectivity index (χ0n) is 16.8. The summed E-state index contributed by atoms with van der Waals surface area (Å²) in [6.07, 6.45) is 3.37. The van der Waals surface area contributed by atoms with Gasteiger partial charge in [0.15, 0.2) is 11.6 Å². The maximum absolute atomic E-state index is 13.3. The summed E-state index contributed by atoms with van der Waals surface area (Å²) in [5.74, 6) is -2.05. The Labute approximate surface area is 156 Å². The molecule has 0 aromatic heterocycles. The van der Waals surface area contributed by atoms with E-state index in [1.807, 2.05) is 27.7 Å². The van der Waals surface area contributed by atoms with Gasteiger partial charge < -0.3 is 15.3 Å². The van der Waals surface area contributed by atoms with E-state index in [0.29, 0.717) is 6.42 Å². The fourth-order valence-electron chi connectivity index (χ4n) is 6.43. The summed E-state index contributed by atoms with van der Waals surface area (Å²) >= 11 is 0. The van der Waals surface area contributed by atoms with Crippen molar-refractivity contribution in [2.24, 2.45) is 35.0 Å². The molecule has 0 radical (unpaired) electrons. The third-order valence-electron chi connectivity index (χ3n) is 7.22. The van der Waals surface area contributed by atoms with Gasteiger partial charge >= 0.3 is 0 Å². The van der Waals surface area contributed by atoms with Gasteiger partial charge in [0.25, 0.3) is 0 Å². The lowest BCUT2D eigenvalue weighted by atomic mass is 9.42. The number of rotatable bonds is 4. The van der Waals surface area contributed by atoms with Gasteiger partial charge in [0.1, 0.15) is 5.60 Å². The minimum atomic E-state index is -1.66. The molecule has 5 heteroatoms. The highest BCUT2D eigenvalue weighted by molar-refractivity contribution is 6.00. The normalized spacial score (nSPS) is 47.6. The van der Waals surface area contributed by atoms with Gasteiger partial charge in [-0.2, -0.15) is 0 Å². The van der Waals surface area contributed by atoms with Gasteiger partial charge in [-0.1, -0.05) is 34.1 Å². The Hall–Kier alpha value is -1.20. The second-order valence-corrected chi connectivity index (χ2v) is 9.35. The first-order valence-electron chi connectivity index (χ1n) is 9.68. The van der Waals surface area contributed by atoms with Crippen LogP contribution in [0.15, 0.2) is 12.3 Å². The van der Waals surface area contributed by atoms with Crippen LogP contribution in [0, 0.1) is 35.0 Å². The predicted octanol–water partition coefficient (Wildman–Crippen LogP) is 3.04. The summed E-state index contributed by atoms with van der Waals surface area (Å²) in [4.78, 5) is 26.4. The number of carbonyl (C=O) groups excluding carboxylic acids is 2. The Bertz CT molecular complexity index is 606. The number of carbonyl (C=O) groups is 2. The maximum atomic E-state index is 13.3. The Kier molecular flexibility index (Phi) is 5.48. The highest BCUT2D eigenvalue weighted by Crippen LogP contribution is 2.61. The van der Waals surface area contributed by atoms with Crippen LogP contribution in [-0.2, 0) is 9.59 Å². The minimum absolute atomic E-state index is 0.0504. The SMILES string of the molecule is CCC(C)C1C(C)(O)C(=O)C2CC(C)(O)CC(C)C2C1(C)C(=O)/C=C\O. The minimum Gasteiger partial charge on any atom is -0.515 e. The van der Waals surface area contributed by atoms with E-state index in [1.54, 1.807) is 6.92 Å². The van der Waals surface area contributed by atoms with Crippen LogP contribution < -0.4 is 0 Å². The van der Waals surface area contributed by atoms with Crippen molar-refractivity contribution < 1.29 is 24.9 Å². The summed E-state index contributed by atoms with van der Waals surface area (Å²) in [7, 11) is 0. The molecule has 2 fully saturated rings. The molecule has 2 rings (SSSR count). The highest BCUT2D eigenvalue weighted by atomic mass is 16.3. The number of ketones is 2. The molecule has 26 heavy (non-hydrogen) atoms. The van der Waals surface area contributed by atoms with Crippen molar-refractivity contribution in [1.29, 1.82) is 0 Å². The molecule has 0 bridgehead atoms. The molecular formula is C21H34O5. The number of hydrogen-bond donors (Lipinski definition) is 3. The molecule has 0 saturated heterocycles. The van der Waals surface area contributed by atoms with Crippen molar-refractivity contribution in [1.82, 2.24) is 0 Å². The van der Waals surface area contributed by atoms with Crippen molar-refractivity contribution in [3.05, 3.63) is 12.3 Å². The number of allylic oxidation sites excluding steroid dienone is 1. The Balaban J connectivity index is 2.71. The molecule has 0 heterocycles. The summed E-state index contributed by atoms with van der Waals surface area (Å²) in [5, 5.41) is 31.1. The fraction of sp³-hybridized carbons (Fsp3) is 0.810. The molecule has 2 aliphatic carbocycles. The van der Waals surface area contributed by atoms with E-state index in [-0.39, 0.29) is 35.7 Å². The van der Waals surface area contributed by atoms with Crippen LogP contribution >= 0.6 is 0 Å². The third-order valence-corrected chi connectivity index (χ3v) is 7.22. The van der Waals surface area contributed by atoms with E-state index in [0.717, 1.165) is 18.8 Å². The lowest BCUT2D eigenvalue weighted by Crippen LogP contribution is -2.69. The van der Waals surface area contributed by atoms with Crippen LogP contribution in [0.5, 0.6) is 0 Å². The van der Waals surface area contributed by atoms with Gasteiger partial charge in [0.05, 0.1) is 11.9 Å². The maximum Gasteiger partial charge on any atom is 0.167 e. The highest BCUT2D eigenvalue weighted by Gasteiger charge is 2.67. The van der Waals surface area contributed by atoms with Gasteiger partial charge in [0, 0.05) is 23.3 Å². The van der Waals surface area contributed by atoms with E-state index in [4.69, 9.17) is 0 Å². The fourth-order valence-corrected chi connectivity index (χ4v) is 6.43. The number of aliphatic hydroxyl groups excluding tert-OH is 1. The van der Waals surface area contributed by atoms with Crippen molar-refractivity contribution in [2.45, 2.75) is 72.0 Å². The monoisotopic (exact) mass is 366 g/mol. The summed E-state index contributed by atoms with van der Waals surface area (Å²) < 4.78 is 0. The molecular weight excluding hydrogens is 332 g/mol. The number of hydrogen-bond acceptors (Lipinski definition) is 5. The first-order valence-corrected chi connectivity index (χ1v) is 9.68. The molecule has 2 aliphatic rings. The Morgan fingerprint density at radius 3 is 2.35 bits per heavy atom. The molecule has 3 N–H and O–H groups in total. The number of fused-ring (bicyclic) bond motifs is 1. The van der Waals surface area contributed by atoms with E-state index in [2.05, 4.69) is 0 Å². The average molecular weight is 366 g/mol. The zero-order chi connectivity index (χ0) is 20.1. The van der Waals surface area contributed by atoms with Crippen molar-refractivity contribution in [3.8, 4) is 0 Å². The first-order chi connectivity index (χ1) is 11.8. The predicted molar refractivity (Wildman–Crippen MR) is 99.5 cm³/mol. The molecule has 0 aromatic rings. The second kappa shape index (κ2) is 6.75. The largest absolute Gasteiger partial charge is 0.515 e. The van der Waals surface area contributed by atoms with E-state index in [9.17, 15) is 24.9 Å². The van der Waals surface area contributed by atoms with E-state index < -0.39 is 28.5 Å². The van der Waals surface area contributed by atoms with Crippen LogP contribution in [0.1, 0.15) is 60.8 Å². The molecule has 2 saturated carbocycles. The first kappa shape index (κ1) is 21.1. The molecule has 8 atom stereocenters. The summed E-state index contributed by atoms with van der Waals surface area (Å²) in [6.45, 7) is 11.0. The lowest BCUT2D eigenvalue weighted by Gasteiger charge is -2.61. The van der Waals surface area contributed by atoms with Crippen molar-refractivity contribution in [2.75, 3.05) is 0 Å². The number of Topliss-reactive ketones (excluding diaryl/α,β-unsaturated/α-hetero) is 1. The van der Waals surface area contributed by atoms with Gasteiger partial charge in [-0.15, -0.1) is 0 Å². The molecule has 0 aromatic carbocycles. The Morgan fingerprint density at radius 1 is 1.27 bits per heavy atom. The van der Waals surface area contributed by atoms with E-state index >= 15 is 0 Å².